The van der Waals surface area contributed by atoms with Crippen LogP contribution in [0.5, 0.6) is 0 Å². The number of fused-ring (bicyclic) bond motifs is 2. The predicted octanol–water partition coefficient (Wildman–Crippen LogP) is 0.891. The van der Waals surface area contributed by atoms with E-state index in [1.165, 1.54) is 11.1 Å². The van der Waals surface area contributed by atoms with Crippen LogP contribution in [-0.4, -0.2) is 61.9 Å². The molecule has 1 aliphatic carbocycles. The lowest BCUT2D eigenvalue weighted by molar-refractivity contribution is -0.131. The SMILES string of the molecule is O=C(CNCCc1cn[nH]n1)N1CCc2nc(NC3Cc4ccccc4C3)ncc2C1. The first-order valence-electron chi connectivity index (χ1n) is 10.8. The number of hydrogen-bond acceptors (Lipinski definition) is 7. The number of carbonyl (C=O) groups is 1. The third kappa shape index (κ3) is 4.56. The highest BCUT2D eigenvalue weighted by Crippen LogP contribution is 2.24. The maximum absolute atomic E-state index is 12.6. The molecule has 0 fully saturated rings. The molecule has 1 amide bonds. The second-order valence-corrected chi connectivity index (χ2v) is 8.14. The third-order valence-corrected chi connectivity index (χ3v) is 5.97. The zero-order valence-electron chi connectivity index (χ0n) is 17.3. The van der Waals surface area contributed by atoms with E-state index in [2.05, 4.69) is 55.3 Å². The van der Waals surface area contributed by atoms with Crippen molar-refractivity contribution in [2.24, 2.45) is 0 Å². The molecule has 5 rings (SSSR count). The summed E-state index contributed by atoms with van der Waals surface area (Å²) in [6.45, 7) is 2.25. The van der Waals surface area contributed by atoms with Gasteiger partial charge in [-0.15, -0.1) is 0 Å². The summed E-state index contributed by atoms with van der Waals surface area (Å²) in [7, 11) is 0. The van der Waals surface area contributed by atoms with Gasteiger partial charge in [-0.1, -0.05) is 24.3 Å². The Morgan fingerprint density at radius 1 is 1.16 bits per heavy atom. The first-order chi connectivity index (χ1) is 15.2. The number of rotatable bonds is 7. The van der Waals surface area contributed by atoms with Gasteiger partial charge in [-0.3, -0.25) is 4.79 Å². The second-order valence-electron chi connectivity index (χ2n) is 8.14. The number of anilines is 1. The fourth-order valence-corrected chi connectivity index (χ4v) is 4.31. The van der Waals surface area contributed by atoms with E-state index in [4.69, 9.17) is 4.98 Å². The number of benzene rings is 1. The van der Waals surface area contributed by atoms with Crippen molar-refractivity contribution in [3.63, 3.8) is 0 Å². The summed E-state index contributed by atoms with van der Waals surface area (Å²) in [6.07, 6.45) is 7.06. The van der Waals surface area contributed by atoms with Gasteiger partial charge in [0.25, 0.3) is 0 Å². The molecule has 0 saturated carbocycles. The van der Waals surface area contributed by atoms with Gasteiger partial charge in [0.05, 0.1) is 24.1 Å². The second kappa shape index (κ2) is 8.81. The first-order valence-corrected chi connectivity index (χ1v) is 10.8. The van der Waals surface area contributed by atoms with Gasteiger partial charge in [0.1, 0.15) is 0 Å². The lowest BCUT2D eigenvalue weighted by Gasteiger charge is -2.28. The smallest absolute Gasteiger partial charge is 0.236 e. The molecule has 160 valence electrons. The quantitative estimate of drug-likeness (QED) is 0.489. The molecule has 0 spiro atoms. The average molecular weight is 419 g/mol. The Morgan fingerprint density at radius 3 is 2.77 bits per heavy atom. The lowest BCUT2D eigenvalue weighted by atomic mass is 10.1. The number of aromatic nitrogens is 5. The highest BCUT2D eigenvalue weighted by atomic mass is 16.2. The van der Waals surface area contributed by atoms with Crippen LogP contribution in [0, 0.1) is 0 Å². The van der Waals surface area contributed by atoms with E-state index in [9.17, 15) is 4.79 Å². The van der Waals surface area contributed by atoms with Gasteiger partial charge >= 0.3 is 0 Å². The van der Waals surface area contributed by atoms with Gasteiger partial charge in [0.2, 0.25) is 11.9 Å². The summed E-state index contributed by atoms with van der Waals surface area (Å²) in [4.78, 5) is 23.7. The number of aromatic amines is 1. The molecule has 2 aromatic heterocycles. The standard InChI is InChI=1S/C22H26N8O/c31-21(13-23-7-5-18-12-25-29-28-18)30-8-6-20-17(14-30)11-24-22(27-20)26-19-9-15-3-1-2-4-16(15)10-19/h1-4,11-12,19,23H,5-10,13-14H2,(H,24,26,27)(H,25,28,29). The topological polar surface area (TPSA) is 112 Å². The minimum atomic E-state index is 0.0942. The fraction of sp³-hybridized carbons (Fsp3) is 0.409. The maximum Gasteiger partial charge on any atom is 0.236 e. The fourth-order valence-electron chi connectivity index (χ4n) is 4.31. The zero-order valence-corrected chi connectivity index (χ0v) is 17.3. The van der Waals surface area contributed by atoms with Crippen LogP contribution in [0.2, 0.25) is 0 Å². The van der Waals surface area contributed by atoms with Crippen LogP contribution < -0.4 is 10.6 Å². The van der Waals surface area contributed by atoms with Crippen molar-refractivity contribution in [2.75, 3.05) is 25.0 Å². The summed E-state index contributed by atoms with van der Waals surface area (Å²) in [5.74, 6) is 0.780. The molecular formula is C22H26N8O. The summed E-state index contributed by atoms with van der Waals surface area (Å²) >= 11 is 0. The molecule has 3 N–H and O–H groups in total. The average Bonchev–Trinajstić information content (AvgIpc) is 3.45. The van der Waals surface area contributed by atoms with Gasteiger partial charge in [0.15, 0.2) is 0 Å². The van der Waals surface area contributed by atoms with Crippen molar-refractivity contribution in [2.45, 2.75) is 38.3 Å². The molecule has 31 heavy (non-hydrogen) atoms. The van der Waals surface area contributed by atoms with Gasteiger partial charge in [0, 0.05) is 50.3 Å². The molecule has 1 aromatic carbocycles. The Morgan fingerprint density at radius 2 is 2.00 bits per heavy atom. The van der Waals surface area contributed by atoms with E-state index >= 15 is 0 Å². The minimum Gasteiger partial charge on any atom is -0.351 e. The zero-order chi connectivity index (χ0) is 21.0. The van der Waals surface area contributed by atoms with Crippen molar-refractivity contribution in [3.8, 4) is 0 Å². The molecule has 3 heterocycles. The molecule has 0 unspecified atom stereocenters. The Labute approximate surface area is 180 Å². The van der Waals surface area contributed by atoms with Crippen LogP contribution in [0.25, 0.3) is 0 Å². The Bertz CT molecular complexity index is 1030. The summed E-state index contributed by atoms with van der Waals surface area (Å²) in [5.41, 5.74) is 5.76. The number of hydrogen-bond donors (Lipinski definition) is 3. The first kappa shape index (κ1) is 19.6. The van der Waals surface area contributed by atoms with Crippen LogP contribution in [0.4, 0.5) is 5.95 Å². The maximum atomic E-state index is 12.6. The number of carbonyl (C=O) groups excluding carboxylic acids is 1. The van der Waals surface area contributed by atoms with E-state index in [1.54, 1.807) is 6.20 Å². The molecular weight excluding hydrogens is 392 g/mol. The molecule has 9 heteroatoms. The van der Waals surface area contributed by atoms with Crippen LogP contribution in [-0.2, 0) is 37.0 Å². The molecule has 0 saturated heterocycles. The number of H-pyrrole nitrogens is 1. The van der Waals surface area contributed by atoms with E-state index < -0.39 is 0 Å². The minimum absolute atomic E-state index is 0.0942. The van der Waals surface area contributed by atoms with Crippen LogP contribution >= 0.6 is 0 Å². The highest BCUT2D eigenvalue weighted by molar-refractivity contribution is 5.78. The third-order valence-electron chi connectivity index (χ3n) is 5.97. The normalized spacial score (nSPS) is 15.5. The predicted molar refractivity (Wildman–Crippen MR) is 115 cm³/mol. The molecule has 1 aliphatic heterocycles. The van der Waals surface area contributed by atoms with Gasteiger partial charge < -0.3 is 15.5 Å². The monoisotopic (exact) mass is 418 g/mol. The Hall–Kier alpha value is -3.33. The van der Waals surface area contributed by atoms with Crippen molar-refractivity contribution >= 4 is 11.9 Å². The Kier molecular flexibility index (Phi) is 5.57. The van der Waals surface area contributed by atoms with Gasteiger partial charge in [-0.05, 0) is 24.0 Å². The van der Waals surface area contributed by atoms with Crippen molar-refractivity contribution in [3.05, 3.63) is 64.7 Å². The van der Waals surface area contributed by atoms with Gasteiger partial charge in [-0.2, -0.15) is 15.4 Å². The number of nitrogens with one attached hydrogen (secondary N) is 3. The van der Waals surface area contributed by atoms with Crippen molar-refractivity contribution in [1.82, 2.24) is 35.6 Å². The summed E-state index contributed by atoms with van der Waals surface area (Å²) in [5, 5.41) is 17.1. The molecule has 0 atom stereocenters. The van der Waals surface area contributed by atoms with Crippen LogP contribution in [0.15, 0.2) is 36.7 Å². The Balaban J connectivity index is 1.12. The summed E-state index contributed by atoms with van der Waals surface area (Å²) < 4.78 is 0. The van der Waals surface area contributed by atoms with Crippen molar-refractivity contribution in [1.29, 1.82) is 0 Å². The number of amides is 1. The van der Waals surface area contributed by atoms with Crippen molar-refractivity contribution < 1.29 is 4.79 Å². The summed E-state index contributed by atoms with van der Waals surface area (Å²) in [6, 6.07) is 8.91. The van der Waals surface area contributed by atoms with E-state index in [1.807, 2.05) is 11.1 Å². The van der Waals surface area contributed by atoms with E-state index in [-0.39, 0.29) is 5.91 Å². The molecule has 0 radical (unpaired) electrons. The molecule has 9 nitrogen and oxygen atoms in total. The largest absolute Gasteiger partial charge is 0.351 e. The van der Waals surface area contributed by atoms with Crippen LogP contribution in [0.3, 0.4) is 0 Å². The molecule has 2 aliphatic rings. The molecule has 3 aromatic rings. The van der Waals surface area contributed by atoms with Crippen LogP contribution in [0.1, 0.15) is 28.1 Å². The number of nitrogens with zero attached hydrogens (tertiary/aromatic N) is 5. The molecule has 0 bridgehead atoms. The van der Waals surface area contributed by atoms with Gasteiger partial charge in [-0.25, -0.2) is 9.97 Å². The van der Waals surface area contributed by atoms with E-state index in [0.717, 1.165) is 42.6 Å². The highest BCUT2D eigenvalue weighted by Gasteiger charge is 2.24. The van der Waals surface area contributed by atoms with E-state index in [0.29, 0.717) is 38.2 Å². The lowest BCUT2D eigenvalue weighted by Crippen LogP contribution is -2.41.